The fourth-order valence-corrected chi connectivity index (χ4v) is 11.8. The first kappa shape index (κ1) is 36.6. The fraction of sp³-hybridized carbons (Fsp3) is 0.148. The summed E-state index contributed by atoms with van der Waals surface area (Å²) in [5, 5.41) is 2.56. The van der Waals surface area contributed by atoms with Crippen LogP contribution in [0.15, 0.2) is 152 Å². The summed E-state index contributed by atoms with van der Waals surface area (Å²) in [4.78, 5) is 7.55. The van der Waals surface area contributed by atoms with Crippen LogP contribution in [0.3, 0.4) is 0 Å². The largest absolute Gasteiger partial charge is 0.489 e. The van der Waals surface area contributed by atoms with Crippen molar-refractivity contribution < 1.29 is 9.47 Å². The van der Waals surface area contributed by atoms with Gasteiger partial charge in [-0.1, -0.05) is 99.6 Å². The SMILES string of the molecule is Cc1cc2c3c(c1)N(c1cccc4c1OCCCO4)c1ccc(C(C)(C)C)cc1B3c1ccc(-c3cc4ccccc4s3)cc1N2c1cccc(-c2cc3ccccc3s2)c1. The van der Waals surface area contributed by atoms with Gasteiger partial charge in [0.25, 0.3) is 6.71 Å². The number of ether oxygens (including phenoxy) is 2. The zero-order valence-corrected chi connectivity index (χ0v) is 36.3. The summed E-state index contributed by atoms with van der Waals surface area (Å²) in [5.41, 5.74) is 15.7. The van der Waals surface area contributed by atoms with Crippen LogP contribution in [-0.2, 0) is 5.41 Å². The summed E-state index contributed by atoms with van der Waals surface area (Å²) in [7, 11) is 0. The molecule has 0 spiro atoms. The standard InChI is InChI=1S/C54H43BN2O2S2/c1-33-26-45-52-46(27-33)57(43-16-10-17-47-53(43)59-25-11-24-58-47)42-23-21-38(54(2,3)4)32-41(42)55(52)40-22-20-37(51-31-36-13-6-8-19-49(36)61-51)29-44(40)56(45)39-15-9-14-34(28-39)50-30-35-12-5-7-18-48(35)60-50/h5-10,12-23,26-32H,11,24-25H2,1-4H3. The maximum Gasteiger partial charge on any atom is 0.252 e. The minimum Gasteiger partial charge on any atom is -0.489 e. The Hall–Kier alpha value is -6.28. The Balaban J connectivity index is 1.14. The molecule has 0 bridgehead atoms. The van der Waals surface area contributed by atoms with Gasteiger partial charge >= 0.3 is 0 Å². The number of aryl methyl sites for hydroxylation is 1. The minimum atomic E-state index is -0.0430. The molecule has 0 saturated carbocycles. The zero-order valence-electron chi connectivity index (χ0n) is 34.7. The molecule has 5 heterocycles. The Bertz CT molecular complexity index is 3160. The van der Waals surface area contributed by atoms with Gasteiger partial charge in [0, 0.05) is 54.0 Å². The Kier molecular flexibility index (Phi) is 8.32. The first-order valence-electron chi connectivity index (χ1n) is 21.3. The van der Waals surface area contributed by atoms with Crippen LogP contribution in [0.25, 0.3) is 41.1 Å². The smallest absolute Gasteiger partial charge is 0.252 e. The van der Waals surface area contributed by atoms with Gasteiger partial charge in [-0.25, -0.2) is 0 Å². The lowest BCUT2D eigenvalue weighted by Crippen LogP contribution is -2.61. The third-order valence-electron chi connectivity index (χ3n) is 12.6. The van der Waals surface area contributed by atoms with Crippen LogP contribution in [-0.4, -0.2) is 19.9 Å². The number of rotatable bonds is 4. The van der Waals surface area contributed by atoms with Crippen molar-refractivity contribution in [3.63, 3.8) is 0 Å². The number of thiophene rings is 2. The molecule has 0 aliphatic carbocycles. The van der Waals surface area contributed by atoms with Gasteiger partial charge < -0.3 is 19.3 Å². The van der Waals surface area contributed by atoms with Crippen molar-refractivity contribution in [1.82, 2.24) is 0 Å². The van der Waals surface area contributed by atoms with E-state index in [1.54, 1.807) is 0 Å². The first-order chi connectivity index (χ1) is 29.8. The van der Waals surface area contributed by atoms with Gasteiger partial charge in [0.1, 0.15) is 0 Å². The quantitative estimate of drug-likeness (QED) is 0.165. The van der Waals surface area contributed by atoms with E-state index in [9.17, 15) is 0 Å². The van der Waals surface area contributed by atoms with Crippen LogP contribution >= 0.6 is 22.7 Å². The number of hydrogen-bond donors (Lipinski definition) is 0. The molecule has 296 valence electrons. The van der Waals surface area contributed by atoms with Gasteiger partial charge in [0.2, 0.25) is 0 Å². The molecule has 0 amide bonds. The summed E-state index contributed by atoms with van der Waals surface area (Å²) in [6.07, 6.45) is 0.845. The van der Waals surface area contributed by atoms with Crippen LogP contribution in [0.1, 0.15) is 38.3 Å². The minimum absolute atomic E-state index is 0.00730. The Labute approximate surface area is 365 Å². The van der Waals surface area contributed by atoms with Gasteiger partial charge in [-0.15, -0.1) is 22.7 Å². The Morgan fingerprint density at radius 3 is 1.97 bits per heavy atom. The molecule has 0 saturated heterocycles. The van der Waals surface area contributed by atoms with E-state index in [4.69, 9.17) is 9.47 Å². The number of benzene rings is 7. The zero-order chi connectivity index (χ0) is 41.0. The molecule has 61 heavy (non-hydrogen) atoms. The lowest BCUT2D eigenvalue weighted by Gasteiger charge is -2.45. The van der Waals surface area contributed by atoms with Gasteiger partial charge in [0.05, 0.1) is 18.9 Å². The van der Waals surface area contributed by atoms with E-state index in [2.05, 4.69) is 183 Å². The average Bonchev–Trinajstić information content (AvgIpc) is 3.83. The molecule has 0 atom stereocenters. The molecule has 0 radical (unpaired) electrons. The normalized spacial score (nSPS) is 14.2. The topological polar surface area (TPSA) is 24.9 Å². The molecule has 9 aromatic rings. The summed E-state index contributed by atoms with van der Waals surface area (Å²) in [5.74, 6) is 1.60. The van der Waals surface area contributed by atoms with Crippen molar-refractivity contribution in [3.05, 3.63) is 163 Å². The van der Waals surface area contributed by atoms with Gasteiger partial charge in [-0.05, 0) is 135 Å². The third kappa shape index (κ3) is 5.93. The molecule has 3 aliphatic heterocycles. The average molecular weight is 827 g/mol. The molecule has 0 fully saturated rings. The van der Waals surface area contributed by atoms with Crippen LogP contribution in [0.2, 0.25) is 0 Å². The highest BCUT2D eigenvalue weighted by atomic mass is 32.1. The highest BCUT2D eigenvalue weighted by molar-refractivity contribution is 7.22. The van der Waals surface area contributed by atoms with Gasteiger partial charge in [-0.2, -0.15) is 0 Å². The van der Waals surface area contributed by atoms with Crippen molar-refractivity contribution in [2.75, 3.05) is 23.0 Å². The maximum atomic E-state index is 6.59. The predicted octanol–water partition coefficient (Wildman–Crippen LogP) is 13.3. The molecule has 2 aromatic heterocycles. The van der Waals surface area contributed by atoms with E-state index >= 15 is 0 Å². The number of anilines is 6. The molecule has 0 unspecified atom stereocenters. The van der Waals surface area contributed by atoms with Crippen molar-refractivity contribution in [2.45, 2.75) is 39.5 Å². The van der Waals surface area contributed by atoms with Crippen molar-refractivity contribution >= 4 is 100 Å². The molecule has 4 nitrogen and oxygen atoms in total. The highest BCUT2D eigenvalue weighted by Crippen LogP contribution is 2.50. The molecule has 7 heteroatoms. The number of fused-ring (bicyclic) bond motifs is 7. The number of hydrogen-bond acceptors (Lipinski definition) is 6. The van der Waals surface area contributed by atoms with Gasteiger partial charge in [0.15, 0.2) is 11.5 Å². The second kappa shape index (κ2) is 13.9. The first-order valence-corrected chi connectivity index (χ1v) is 22.9. The van der Waals surface area contributed by atoms with E-state index in [1.807, 2.05) is 28.7 Å². The van der Waals surface area contributed by atoms with Crippen molar-refractivity contribution in [3.8, 4) is 32.4 Å². The molecule has 7 aromatic carbocycles. The molecule has 12 rings (SSSR count). The van der Waals surface area contributed by atoms with E-state index < -0.39 is 0 Å². The van der Waals surface area contributed by atoms with E-state index in [0.29, 0.717) is 13.2 Å². The molecular weight excluding hydrogens is 784 g/mol. The third-order valence-corrected chi connectivity index (χ3v) is 14.9. The highest BCUT2D eigenvalue weighted by Gasteiger charge is 2.44. The molecular formula is C54H43BN2O2S2. The Morgan fingerprint density at radius 1 is 0.541 bits per heavy atom. The lowest BCUT2D eigenvalue weighted by molar-refractivity contribution is 0.297. The van der Waals surface area contributed by atoms with E-state index in [-0.39, 0.29) is 12.1 Å². The van der Waals surface area contributed by atoms with Crippen LogP contribution in [0.4, 0.5) is 34.1 Å². The fourth-order valence-electron chi connectivity index (χ4n) is 9.69. The number of para-hydroxylation sites is 1. The summed E-state index contributed by atoms with van der Waals surface area (Å²) in [6, 6.07) is 56.8. The van der Waals surface area contributed by atoms with Crippen LogP contribution < -0.4 is 35.7 Å². The van der Waals surface area contributed by atoms with Crippen molar-refractivity contribution in [2.24, 2.45) is 0 Å². The van der Waals surface area contributed by atoms with Crippen LogP contribution in [0.5, 0.6) is 11.5 Å². The summed E-state index contributed by atoms with van der Waals surface area (Å²) >= 11 is 3.72. The second-order valence-corrected chi connectivity index (χ2v) is 19.8. The molecule has 3 aliphatic rings. The summed E-state index contributed by atoms with van der Waals surface area (Å²) in [6.45, 7) is 10.4. The Morgan fingerprint density at radius 2 is 1.23 bits per heavy atom. The maximum absolute atomic E-state index is 6.59. The predicted molar refractivity (Wildman–Crippen MR) is 261 cm³/mol. The lowest BCUT2D eigenvalue weighted by atomic mass is 9.33. The van der Waals surface area contributed by atoms with Crippen LogP contribution in [0, 0.1) is 6.92 Å². The monoisotopic (exact) mass is 826 g/mol. The van der Waals surface area contributed by atoms with Crippen molar-refractivity contribution in [1.29, 1.82) is 0 Å². The molecule has 0 N–H and O–H groups in total. The van der Waals surface area contributed by atoms with Gasteiger partial charge in [-0.3, -0.25) is 0 Å². The second-order valence-electron chi connectivity index (χ2n) is 17.6. The van der Waals surface area contributed by atoms with E-state index in [0.717, 1.165) is 29.3 Å². The number of nitrogens with zero attached hydrogens (tertiary/aromatic N) is 2. The van der Waals surface area contributed by atoms with E-state index in [1.165, 1.54) is 91.3 Å². The summed E-state index contributed by atoms with van der Waals surface area (Å²) < 4.78 is 15.5.